The van der Waals surface area contributed by atoms with E-state index in [-0.39, 0.29) is 12.5 Å². The summed E-state index contributed by atoms with van der Waals surface area (Å²) in [5, 5.41) is 8.79. The molecule has 1 N–H and O–H groups in total. The lowest BCUT2D eigenvalue weighted by Crippen LogP contribution is -2.52. The fourth-order valence-electron chi connectivity index (χ4n) is 1.62. The van der Waals surface area contributed by atoms with Crippen molar-refractivity contribution in [1.82, 2.24) is 9.88 Å². The van der Waals surface area contributed by atoms with Gasteiger partial charge in [-0.2, -0.15) is 0 Å². The zero-order chi connectivity index (χ0) is 12.4. The monoisotopic (exact) mass is 299 g/mol. The first-order valence-corrected chi connectivity index (χ1v) is 5.77. The topological polar surface area (TPSA) is 73.7 Å². The van der Waals surface area contributed by atoms with Crippen molar-refractivity contribution >= 4 is 33.7 Å². The van der Waals surface area contributed by atoms with Crippen molar-refractivity contribution in [2.75, 3.05) is 24.5 Å². The van der Waals surface area contributed by atoms with Gasteiger partial charge in [0.15, 0.2) is 0 Å². The summed E-state index contributed by atoms with van der Waals surface area (Å²) >= 11 is 3.30. The number of pyridine rings is 1. The maximum Gasteiger partial charge on any atom is 0.407 e. The first-order valence-electron chi connectivity index (χ1n) is 4.98. The standard InChI is InChI=1S/C10H10BrN3O3/c11-7-1-2-12-8(5-7)14-4-3-13(10(16)17)6-9(14)15/h1-2,5H,3-4,6H2,(H,16,17). The number of aromatic nitrogens is 1. The summed E-state index contributed by atoms with van der Waals surface area (Å²) in [6.07, 6.45) is 0.524. The molecule has 6 nitrogen and oxygen atoms in total. The van der Waals surface area contributed by atoms with Gasteiger partial charge in [-0.1, -0.05) is 15.9 Å². The minimum Gasteiger partial charge on any atom is -0.465 e. The summed E-state index contributed by atoms with van der Waals surface area (Å²) in [7, 11) is 0. The molecule has 1 fully saturated rings. The minimum absolute atomic E-state index is 0.122. The quantitative estimate of drug-likeness (QED) is 0.845. The molecule has 7 heteroatoms. The Morgan fingerprint density at radius 2 is 2.24 bits per heavy atom. The van der Waals surface area contributed by atoms with Crippen molar-refractivity contribution in [3.63, 3.8) is 0 Å². The molecular weight excluding hydrogens is 290 g/mol. The van der Waals surface area contributed by atoms with Crippen molar-refractivity contribution in [2.24, 2.45) is 0 Å². The summed E-state index contributed by atoms with van der Waals surface area (Å²) in [6.45, 7) is 0.507. The van der Waals surface area contributed by atoms with E-state index < -0.39 is 6.09 Å². The van der Waals surface area contributed by atoms with Crippen LogP contribution in [0.5, 0.6) is 0 Å². The van der Waals surface area contributed by atoms with Gasteiger partial charge in [-0.25, -0.2) is 9.78 Å². The molecule has 90 valence electrons. The van der Waals surface area contributed by atoms with Crippen LogP contribution < -0.4 is 4.90 Å². The van der Waals surface area contributed by atoms with Crippen LogP contribution in [0.3, 0.4) is 0 Å². The van der Waals surface area contributed by atoms with E-state index in [1.54, 1.807) is 18.3 Å². The normalized spacial score (nSPS) is 16.2. The van der Waals surface area contributed by atoms with Crippen molar-refractivity contribution in [3.05, 3.63) is 22.8 Å². The first-order chi connectivity index (χ1) is 8.08. The molecule has 17 heavy (non-hydrogen) atoms. The van der Waals surface area contributed by atoms with Gasteiger partial charge in [0.2, 0.25) is 5.91 Å². The average molecular weight is 300 g/mol. The number of halogens is 1. The second-order valence-electron chi connectivity index (χ2n) is 3.58. The van der Waals surface area contributed by atoms with Gasteiger partial charge in [-0.05, 0) is 12.1 Å². The number of anilines is 1. The highest BCUT2D eigenvalue weighted by Gasteiger charge is 2.28. The summed E-state index contributed by atoms with van der Waals surface area (Å²) in [5.41, 5.74) is 0. The van der Waals surface area contributed by atoms with E-state index in [4.69, 9.17) is 5.11 Å². The smallest absolute Gasteiger partial charge is 0.407 e. The Morgan fingerprint density at radius 3 is 2.82 bits per heavy atom. The molecule has 0 atom stereocenters. The number of carbonyl (C=O) groups excluding carboxylic acids is 1. The van der Waals surface area contributed by atoms with Crippen LogP contribution in [0.1, 0.15) is 0 Å². The Hall–Kier alpha value is -1.63. The SMILES string of the molecule is O=C(O)N1CCN(c2cc(Br)ccn2)C(=O)C1. The third-order valence-corrected chi connectivity index (χ3v) is 2.97. The Bertz CT molecular complexity index is 466. The number of rotatable bonds is 1. The molecule has 1 aromatic heterocycles. The third kappa shape index (κ3) is 2.55. The zero-order valence-corrected chi connectivity index (χ0v) is 10.4. The predicted octanol–water partition coefficient (Wildman–Crippen LogP) is 1.17. The van der Waals surface area contributed by atoms with E-state index in [0.29, 0.717) is 18.9 Å². The summed E-state index contributed by atoms with van der Waals surface area (Å²) in [6, 6.07) is 3.50. The molecule has 0 spiro atoms. The molecular formula is C10H10BrN3O3. The van der Waals surface area contributed by atoms with Crippen LogP contribution in [0.4, 0.5) is 10.6 Å². The van der Waals surface area contributed by atoms with E-state index in [1.165, 1.54) is 4.90 Å². The van der Waals surface area contributed by atoms with Crippen molar-refractivity contribution in [1.29, 1.82) is 0 Å². The van der Waals surface area contributed by atoms with E-state index in [0.717, 1.165) is 9.37 Å². The fourth-order valence-corrected chi connectivity index (χ4v) is 1.94. The molecule has 0 saturated carbocycles. The van der Waals surface area contributed by atoms with Crippen molar-refractivity contribution < 1.29 is 14.7 Å². The van der Waals surface area contributed by atoms with Crippen LogP contribution in [-0.2, 0) is 4.79 Å². The fraction of sp³-hybridized carbons (Fsp3) is 0.300. The van der Waals surface area contributed by atoms with Gasteiger partial charge in [-0.15, -0.1) is 0 Å². The molecule has 1 aliphatic rings. The third-order valence-electron chi connectivity index (χ3n) is 2.48. The number of piperazine rings is 1. The molecule has 1 aromatic rings. The van der Waals surface area contributed by atoms with Crippen molar-refractivity contribution in [3.8, 4) is 0 Å². The molecule has 2 amide bonds. The molecule has 2 rings (SSSR count). The molecule has 1 saturated heterocycles. The highest BCUT2D eigenvalue weighted by Crippen LogP contribution is 2.18. The minimum atomic E-state index is -1.07. The Kier molecular flexibility index (Phi) is 3.28. The van der Waals surface area contributed by atoms with Gasteiger partial charge < -0.3 is 5.11 Å². The number of carboxylic acid groups (broad SMARTS) is 1. The van der Waals surface area contributed by atoms with Gasteiger partial charge in [-0.3, -0.25) is 14.6 Å². The molecule has 0 aromatic carbocycles. The molecule has 2 heterocycles. The molecule has 0 unspecified atom stereocenters. The van der Waals surface area contributed by atoms with Crippen LogP contribution in [-0.4, -0.2) is 46.6 Å². The highest BCUT2D eigenvalue weighted by atomic mass is 79.9. The number of carbonyl (C=O) groups is 2. The number of amides is 2. The molecule has 1 aliphatic heterocycles. The first kappa shape index (κ1) is 11.8. The van der Waals surface area contributed by atoms with Gasteiger partial charge in [0.1, 0.15) is 12.4 Å². The lowest BCUT2D eigenvalue weighted by Gasteiger charge is -2.32. The van der Waals surface area contributed by atoms with Gasteiger partial charge in [0.25, 0.3) is 0 Å². The van der Waals surface area contributed by atoms with E-state index in [1.807, 2.05) is 0 Å². The predicted molar refractivity (Wildman–Crippen MR) is 63.9 cm³/mol. The Labute approximate surface area is 106 Å². The molecule has 0 bridgehead atoms. The van der Waals surface area contributed by atoms with Crippen LogP contribution >= 0.6 is 15.9 Å². The number of hydrogen-bond acceptors (Lipinski definition) is 3. The second-order valence-corrected chi connectivity index (χ2v) is 4.50. The van der Waals surface area contributed by atoms with Gasteiger partial charge in [0, 0.05) is 23.8 Å². The molecule has 0 radical (unpaired) electrons. The maximum absolute atomic E-state index is 11.8. The maximum atomic E-state index is 11.8. The summed E-state index contributed by atoms with van der Waals surface area (Å²) < 4.78 is 0.830. The average Bonchev–Trinajstić information content (AvgIpc) is 2.28. The summed E-state index contributed by atoms with van der Waals surface area (Å²) in [4.78, 5) is 29.2. The van der Waals surface area contributed by atoms with Crippen LogP contribution in [0.25, 0.3) is 0 Å². The Morgan fingerprint density at radius 1 is 1.47 bits per heavy atom. The molecule has 0 aliphatic carbocycles. The van der Waals surface area contributed by atoms with E-state index in [2.05, 4.69) is 20.9 Å². The second kappa shape index (κ2) is 4.70. The van der Waals surface area contributed by atoms with Crippen LogP contribution in [0, 0.1) is 0 Å². The van der Waals surface area contributed by atoms with Gasteiger partial charge in [0.05, 0.1) is 0 Å². The van der Waals surface area contributed by atoms with E-state index >= 15 is 0 Å². The van der Waals surface area contributed by atoms with Crippen LogP contribution in [0.2, 0.25) is 0 Å². The number of nitrogens with zero attached hydrogens (tertiary/aromatic N) is 3. The largest absolute Gasteiger partial charge is 0.465 e. The van der Waals surface area contributed by atoms with E-state index in [9.17, 15) is 9.59 Å². The Balaban J connectivity index is 2.15. The highest BCUT2D eigenvalue weighted by molar-refractivity contribution is 9.10. The lowest BCUT2D eigenvalue weighted by molar-refractivity contribution is -0.120. The zero-order valence-electron chi connectivity index (χ0n) is 8.84. The van der Waals surface area contributed by atoms with Gasteiger partial charge >= 0.3 is 6.09 Å². The number of hydrogen-bond donors (Lipinski definition) is 1. The lowest BCUT2D eigenvalue weighted by atomic mass is 10.3. The summed E-state index contributed by atoms with van der Waals surface area (Å²) in [5.74, 6) is 0.277. The van der Waals surface area contributed by atoms with Crippen molar-refractivity contribution in [2.45, 2.75) is 0 Å². The van der Waals surface area contributed by atoms with Crippen LogP contribution in [0.15, 0.2) is 22.8 Å².